The second kappa shape index (κ2) is 2.70. The number of aliphatic hydroxyl groups is 1. The summed E-state index contributed by atoms with van der Waals surface area (Å²) in [6.45, 7) is 0. The zero-order chi connectivity index (χ0) is 8.72. The Kier molecular flexibility index (Phi) is 1.80. The van der Waals surface area contributed by atoms with Crippen LogP contribution in [-0.4, -0.2) is 11.1 Å². The highest BCUT2D eigenvalue weighted by molar-refractivity contribution is 14.1. The Morgan fingerprint density at radius 1 is 1.50 bits per heavy atom. The molecule has 0 spiro atoms. The van der Waals surface area contributed by atoms with Gasteiger partial charge in [0.25, 0.3) is 0 Å². The normalized spacial score (nSPS) is 20.5. The molecule has 2 rings (SSSR count). The molecule has 0 aromatic heterocycles. The molecule has 1 aliphatic rings. The summed E-state index contributed by atoms with van der Waals surface area (Å²) in [4.78, 5) is 11.1. The number of esters is 1. The minimum absolute atomic E-state index is 0.442. The molecule has 1 heterocycles. The molecule has 0 saturated carbocycles. The van der Waals surface area contributed by atoms with Crippen LogP contribution in [0.4, 0.5) is 0 Å². The van der Waals surface area contributed by atoms with Crippen molar-refractivity contribution >= 4 is 28.6 Å². The van der Waals surface area contributed by atoms with Gasteiger partial charge < -0.3 is 9.84 Å². The lowest BCUT2D eigenvalue weighted by Crippen LogP contribution is -1.97. The molecule has 0 radical (unpaired) electrons. The number of cyclic esters (lactones) is 1. The van der Waals surface area contributed by atoms with Crippen LogP contribution in [0.15, 0.2) is 18.2 Å². The summed E-state index contributed by atoms with van der Waals surface area (Å²) in [7, 11) is 0. The van der Waals surface area contributed by atoms with Crippen LogP contribution in [0, 0.1) is 3.57 Å². The Balaban J connectivity index is 2.67. The van der Waals surface area contributed by atoms with E-state index in [9.17, 15) is 9.90 Å². The number of carbonyl (C=O) groups is 1. The van der Waals surface area contributed by atoms with Crippen molar-refractivity contribution in [2.45, 2.75) is 6.29 Å². The van der Waals surface area contributed by atoms with Crippen LogP contribution >= 0.6 is 22.6 Å². The van der Waals surface area contributed by atoms with Gasteiger partial charge in [-0.15, -0.1) is 0 Å². The van der Waals surface area contributed by atoms with E-state index in [0.717, 1.165) is 3.57 Å². The summed E-state index contributed by atoms with van der Waals surface area (Å²) in [5.74, 6) is -0.442. The van der Waals surface area contributed by atoms with Crippen LogP contribution in [-0.2, 0) is 4.74 Å². The van der Waals surface area contributed by atoms with Gasteiger partial charge >= 0.3 is 5.97 Å². The minimum atomic E-state index is -1.08. The van der Waals surface area contributed by atoms with Crippen molar-refractivity contribution in [2.24, 2.45) is 0 Å². The van der Waals surface area contributed by atoms with Crippen LogP contribution in [0.5, 0.6) is 0 Å². The molecule has 12 heavy (non-hydrogen) atoms. The largest absolute Gasteiger partial charge is 0.428 e. The molecule has 3 nitrogen and oxygen atoms in total. The summed E-state index contributed by atoms with van der Waals surface area (Å²) in [5.41, 5.74) is 1.05. The molecular weight excluding hydrogens is 271 g/mol. The van der Waals surface area contributed by atoms with Gasteiger partial charge in [0, 0.05) is 9.13 Å². The molecule has 1 aromatic carbocycles. The monoisotopic (exact) mass is 276 g/mol. The third-order valence-electron chi connectivity index (χ3n) is 1.73. The molecule has 1 aromatic rings. The average molecular weight is 276 g/mol. The summed E-state index contributed by atoms with van der Waals surface area (Å²) in [6.07, 6.45) is -1.08. The van der Waals surface area contributed by atoms with Gasteiger partial charge in [-0.1, -0.05) is 12.1 Å². The van der Waals surface area contributed by atoms with Crippen molar-refractivity contribution in [1.82, 2.24) is 0 Å². The third kappa shape index (κ3) is 1.02. The fraction of sp³-hybridized carbons (Fsp3) is 0.125. The van der Waals surface area contributed by atoms with E-state index in [1.54, 1.807) is 18.2 Å². The van der Waals surface area contributed by atoms with Crippen molar-refractivity contribution in [3.8, 4) is 0 Å². The van der Waals surface area contributed by atoms with Crippen molar-refractivity contribution in [2.75, 3.05) is 0 Å². The standard InChI is InChI=1S/C8H5IO3/c9-5-3-1-2-4-6(5)8(11)12-7(4)10/h1-3,7,10H. The number of aliphatic hydroxyl groups excluding tert-OH is 1. The molecule has 0 amide bonds. The summed E-state index contributed by atoms with van der Waals surface area (Å²) < 4.78 is 5.44. The van der Waals surface area contributed by atoms with E-state index in [1.807, 2.05) is 22.6 Å². The SMILES string of the molecule is O=C1OC(O)c2cccc(I)c21. The smallest absolute Gasteiger partial charge is 0.342 e. The Morgan fingerprint density at radius 3 is 2.92 bits per heavy atom. The third-order valence-corrected chi connectivity index (χ3v) is 2.63. The van der Waals surface area contributed by atoms with Gasteiger partial charge in [-0.25, -0.2) is 4.79 Å². The van der Waals surface area contributed by atoms with Crippen LogP contribution in [0.1, 0.15) is 22.2 Å². The van der Waals surface area contributed by atoms with Crippen LogP contribution < -0.4 is 0 Å². The number of carbonyl (C=O) groups excluding carboxylic acids is 1. The summed E-state index contributed by atoms with van der Waals surface area (Å²) >= 11 is 2.04. The Labute approximate surface area is 82.5 Å². The van der Waals surface area contributed by atoms with Crippen molar-refractivity contribution in [1.29, 1.82) is 0 Å². The average Bonchev–Trinajstić information content (AvgIpc) is 2.29. The van der Waals surface area contributed by atoms with Crippen molar-refractivity contribution < 1.29 is 14.6 Å². The molecule has 0 aliphatic carbocycles. The lowest BCUT2D eigenvalue weighted by atomic mass is 10.1. The first-order valence-corrected chi connectivity index (χ1v) is 4.45. The highest BCUT2D eigenvalue weighted by atomic mass is 127. The maximum absolute atomic E-state index is 11.1. The topological polar surface area (TPSA) is 46.5 Å². The minimum Gasteiger partial charge on any atom is -0.428 e. The first kappa shape index (κ1) is 8.00. The van der Waals surface area contributed by atoms with Crippen molar-refractivity contribution in [3.63, 3.8) is 0 Å². The zero-order valence-electron chi connectivity index (χ0n) is 5.95. The van der Waals surface area contributed by atoms with E-state index in [4.69, 9.17) is 0 Å². The molecule has 0 fully saturated rings. The molecular formula is C8H5IO3. The van der Waals surface area contributed by atoms with Gasteiger partial charge in [0.05, 0.1) is 5.56 Å². The quantitative estimate of drug-likeness (QED) is 0.576. The van der Waals surface area contributed by atoms with Gasteiger partial charge in [-0.2, -0.15) is 0 Å². The number of rotatable bonds is 0. The maximum atomic E-state index is 11.1. The zero-order valence-corrected chi connectivity index (χ0v) is 8.11. The number of hydrogen-bond acceptors (Lipinski definition) is 3. The number of halogens is 1. The summed E-state index contributed by atoms with van der Waals surface area (Å²) in [6, 6.07) is 5.28. The van der Waals surface area contributed by atoms with E-state index in [1.165, 1.54) is 0 Å². The fourth-order valence-corrected chi connectivity index (χ4v) is 1.92. The van der Waals surface area contributed by atoms with Gasteiger partial charge in [0.2, 0.25) is 6.29 Å². The van der Waals surface area contributed by atoms with E-state index in [2.05, 4.69) is 4.74 Å². The molecule has 1 aliphatic heterocycles. The van der Waals surface area contributed by atoms with Crippen LogP contribution in [0.25, 0.3) is 0 Å². The van der Waals surface area contributed by atoms with Crippen LogP contribution in [0.2, 0.25) is 0 Å². The second-order valence-corrected chi connectivity index (χ2v) is 3.62. The Morgan fingerprint density at radius 2 is 2.25 bits per heavy atom. The van der Waals surface area contributed by atoms with Crippen LogP contribution in [0.3, 0.4) is 0 Å². The van der Waals surface area contributed by atoms with Gasteiger partial charge in [0.1, 0.15) is 0 Å². The maximum Gasteiger partial charge on any atom is 0.342 e. The molecule has 0 bridgehead atoms. The Hall–Kier alpha value is -0.620. The first-order chi connectivity index (χ1) is 5.70. The number of benzene rings is 1. The predicted octanol–water partition coefficient (Wildman–Crippen LogP) is 1.45. The Bertz CT molecular complexity index is 348. The number of fused-ring (bicyclic) bond motifs is 1. The highest BCUT2D eigenvalue weighted by Gasteiger charge is 2.30. The van der Waals surface area contributed by atoms with E-state index in [0.29, 0.717) is 11.1 Å². The van der Waals surface area contributed by atoms with Crippen molar-refractivity contribution in [3.05, 3.63) is 32.9 Å². The van der Waals surface area contributed by atoms with Gasteiger partial charge in [-0.3, -0.25) is 0 Å². The highest BCUT2D eigenvalue weighted by Crippen LogP contribution is 2.31. The van der Waals surface area contributed by atoms with E-state index >= 15 is 0 Å². The van der Waals surface area contributed by atoms with E-state index in [-0.39, 0.29) is 0 Å². The number of ether oxygens (including phenoxy) is 1. The lowest BCUT2D eigenvalue weighted by molar-refractivity contribution is -0.0547. The molecule has 1 N–H and O–H groups in total. The van der Waals surface area contributed by atoms with E-state index < -0.39 is 12.3 Å². The summed E-state index contributed by atoms with van der Waals surface area (Å²) in [5, 5.41) is 9.23. The number of hydrogen-bond donors (Lipinski definition) is 1. The molecule has 1 atom stereocenters. The molecule has 4 heteroatoms. The first-order valence-electron chi connectivity index (χ1n) is 3.37. The predicted molar refractivity (Wildman–Crippen MR) is 49.5 cm³/mol. The second-order valence-electron chi connectivity index (χ2n) is 2.46. The molecule has 62 valence electrons. The molecule has 0 saturated heterocycles. The van der Waals surface area contributed by atoms with Gasteiger partial charge in [0.15, 0.2) is 0 Å². The lowest BCUT2D eigenvalue weighted by Gasteiger charge is -1.99. The fourth-order valence-electron chi connectivity index (χ4n) is 1.19. The molecule has 1 unspecified atom stereocenters. The van der Waals surface area contributed by atoms with Gasteiger partial charge in [-0.05, 0) is 28.7 Å².